The van der Waals surface area contributed by atoms with E-state index in [1.54, 1.807) is 36.4 Å². The van der Waals surface area contributed by atoms with Gasteiger partial charge in [-0.05, 0) is 56.1 Å². The second kappa shape index (κ2) is 8.36. The van der Waals surface area contributed by atoms with Crippen LogP contribution in [0.5, 0.6) is 11.5 Å². The number of carbonyl (C=O) groups excluding carboxylic acids is 2. The number of aliphatic hydroxyl groups is 1. The number of likely N-dealkylation sites (tertiary alicyclic amines) is 1. The first-order valence-corrected chi connectivity index (χ1v) is 9.20. The van der Waals surface area contributed by atoms with E-state index in [1.165, 1.54) is 24.1 Å². The molecule has 2 aromatic rings. The molecule has 0 saturated carbocycles. The van der Waals surface area contributed by atoms with Crippen LogP contribution < -0.4 is 4.74 Å². The fourth-order valence-electron chi connectivity index (χ4n) is 3.33. The van der Waals surface area contributed by atoms with Crippen molar-refractivity contribution in [2.24, 2.45) is 0 Å². The SMILES string of the molecule is COc1ccc(/C(O)=C2/C(=O)C(=O)N(CCN(C)C)C2c2ccc(O)cc2)cc1. The van der Waals surface area contributed by atoms with E-state index < -0.39 is 17.7 Å². The van der Waals surface area contributed by atoms with Crippen molar-refractivity contribution in [1.82, 2.24) is 9.80 Å². The summed E-state index contributed by atoms with van der Waals surface area (Å²) in [6.07, 6.45) is 0. The van der Waals surface area contributed by atoms with Gasteiger partial charge in [0.05, 0.1) is 18.7 Å². The van der Waals surface area contributed by atoms with E-state index in [9.17, 15) is 19.8 Å². The quantitative estimate of drug-likeness (QED) is 0.443. The number of nitrogens with zero attached hydrogens (tertiary/aromatic N) is 2. The van der Waals surface area contributed by atoms with Crippen molar-refractivity contribution in [2.75, 3.05) is 34.3 Å². The molecule has 29 heavy (non-hydrogen) atoms. The van der Waals surface area contributed by atoms with Crippen LogP contribution in [0.1, 0.15) is 17.2 Å². The number of phenolic OH excluding ortho intramolecular Hbond substituents is 1. The zero-order valence-corrected chi connectivity index (χ0v) is 16.6. The van der Waals surface area contributed by atoms with Crippen LogP contribution >= 0.6 is 0 Å². The number of hydrogen-bond donors (Lipinski definition) is 2. The molecule has 3 rings (SSSR count). The number of carbonyl (C=O) groups is 2. The molecule has 0 bridgehead atoms. The number of phenols is 1. The molecule has 1 unspecified atom stereocenters. The first kappa shape index (κ1) is 20.4. The molecule has 0 aromatic heterocycles. The minimum absolute atomic E-state index is 0.0320. The third-order valence-corrected chi connectivity index (χ3v) is 4.90. The molecule has 1 fully saturated rings. The van der Waals surface area contributed by atoms with Gasteiger partial charge in [0.15, 0.2) is 0 Å². The second-order valence-corrected chi connectivity index (χ2v) is 7.12. The first-order chi connectivity index (χ1) is 13.8. The van der Waals surface area contributed by atoms with Crippen LogP contribution in [0.4, 0.5) is 0 Å². The number of aromatic hydroxyl groups is 1. The van der Waals surface area contributed by atoms with Crippen LogP contribution in [0.2, 0.25) is 0 Å². The molecule has 152 valence electrons. The van der Waals surface area contributed by atoms with E-state index >= 15 is 0 Å². The Balaban J connectivity index is 2.11. The number of likely N-dealkylation sites (N-methyl/N-ethyl adjacent to an activating group) is 1. The van der Waals surface area contributed by atoms with Crippen molar-refractivity contribution in [3.05, 3.63) is 65.2 Å². The molecule has 1 amide bonds. The van der Waals surface area contributed by atoms with Crippen molar-refractivity contribution >= 4 is 17.4 Å². The molecule has 7 heteroatoms. The van der Waals surface area contributed by atoms with Crippen molar-refractivity contribution in [2.45, 2.75) is 6.04 Å². The highest BCUT2D eigenvalue weighted by Gasteiger charge is 2.45. The standard InChI is InChI=1S/C22H24N2O5/c1-23(2)12-13-24-19(14-4-8-16(25)9-5-14)18(21(27)22(24)28)20(26)15-6-10-17(29-3)11-7-15/h4-11,19,25-26H,12-13H2,1-3H3/b20-18-. The van der Waals surface area contributed by atoms with Gasteiger partial charge >= 0.3 is 0 Å². The van der Waals surface area contributed by atoms with Crippen LogP contribution in [-0.2, 0) is 9.59 Å². The fraction of sp³-hybridized carbons (Fsp3) is 0.273. The summed E-state index contributed by atoms with van der Waals surface area (Å²) in [6, 6.07) is 12.2. The number of Topliss-reactive ketones (excluding diaryl/α,β-unsaturated/α-hetero) is 1. The minimum atomic E-state index is -0.738. The Morgan fingerprint density at radius 2 is 1.69 bits per heavy atom. The molecule has 0 radical (unpaired) electrons. The highest BCUT2D eigenvalue weighted by atomic mass is 16.5. The van der Waals surface area contributed by atoms with Gasteiger partial charge in [0, 0.05) is 18.7 Å². The number of benzene rings is 2. The molecular weight excluding hydrogens is 372 g/mol. The van der Waals surface area contributed by atoms with Gasteiger partial charge in [0.2, 0.25) is 0 Å². The Kier molecular flexibility index (Phi) is 5.89. The summed E-state index contributed by atoms with van der Waals surface area (Å²) >= 11 is 0. The number of amides is 1. The van der Waals surface area contributed by atoms with Gasteiger partial charge in [0.1, 0.15) is 17.3 Å². The summed E-state index contributed by atoms with van der Waals surface area (Å²) in [6.45, 7) is 0.882. The van der Waals surface area contributed by atoms with Crippen molar-refractivity contribution in [3.8, 4) is 11.5 Å². The molecule has 2 aromatic carbocycles. The lowest BCUT2D eigenvalue weighted by molar-refractivity contribution is -0.140. The Labute approximate surface area is 169 Å². The van der Waals surface area contributed by atoms with Crippen LogP contribution in [-0.4, -0.2) is 66.0 Å². The number of ether oxygens (including phenoxy) is 1. The molecule has 1 aliphatic heterocycles. The average Bonchev–Trinajstić information content (AvgIpc) is 2.97. The van der Waals surface area contributed by atoms with Gasteiger partial charge in [-0.25, -0.2) is 0 Å². The summed E-state index contributed by atoms with van der Waals surface area (Å²) in [4.78, 5) is 29.0. The number of rotatable bonds is 6. The van der Waals surface area contributed by atoms with Crippen LogP contribution in [0, 0.1) is 0 Å². The average molecular weight is 396 g/mol. The molecule has 2 N–H and O–H groups in total. The van der Waals surface area contributed by atoms with Crippen LogP contribution in [0.15, 0.2) is 54.1 Å². The third kappa shape index (κ3) is 4.09. The Morgan fingerprint density at radius 3 is 2.24 bits per heavy atom. The maximum Gasteiger partial charge on any atom is 0.295 e. The van der Waals surface area contributed by atoms with Crippen LogP contribution in [0.25, 0.3) is 5.76 Å². The van der Waals surface area contributed by atoms with Gasteiger partial charge < -0.3 is 24.7 Å². The summed E-state index contributed by atoms with van der Waals surface area (Å²) in [7, 11) is 5.29. The maximum absolute atomic E-state index is 12.9. The highest BCUT2D eigenvalue weighted by Crippen LogP contribution is 2.39. The summed E-state index contributed by atoms with van der Waals surface area (Å²) in [5, 5.41) is 20.6. The van der Waals surface area contributed by atoms with Crippen LogP contribution in [0.3, 0.4) is 0 Å². The lowest BCUT2D eigenvalue weighted by Crippen LogP contribution is -2.35. The van der Waals surface area contributed by atoms with Gasteiger partial charge in [-0.1, -0.05) is 12.1 Å². The number of ketones is 1. The molecule has 7 nitrogen and oxygen atoms in total. The topological polar surface area (TPSA) is 90.3 Å². The summed E-state index contributed by atoms with van der Waals surface area (Å²) in [5.74, 6) is -0.927. The molecule has 1 heterocycles. The highest BCUT2D eigenvalue weighted by molar-refractivity contribution is 6.46. The van der Waals surface area contributed by atoms with Crippen molar-refractivity contribution < 1.29 is 24.5 Å². The lowest BCUT2D eigenvalue weighted by Gasteiger charge is -2.26. The zero-order valence-electron chi connectivity index (χ0n) is 16.6. The van der Waals surface area contributed by atoms with E-state index in [0.29, 0.717) is 30.0 Å². The molecule has 0 spiro atoms. The van der Waals surface area contributed by atoms with E-state index in [4.69, 9.17) is 4.74 Å². The number of hydrogen-bond acceptors (Lipinski definition) is 6. The first-order valence-electron chi connectivity index (χ1n) is 9.20. The molecular formula is C22H24N2O5. The van der Waals surface area contributed by atoms with E-state index in [2.05, 4.69) is 0 Å². The molecule has 0 aliphatic carbocycles. The summed E-state index contributed by atoms with van der Waals surface area (Å²) in [5.41, 5.74) is 1.08. The van der Waals surface area contributed by atoms with E-state index in [-0.39, 0.29) is 17.1 Å². The second-order valence-electron chi connectivity index (χ2n) is 7.12. The lowest BCUT2D eigenvalue weighted by atomic mass is 9.95. The Bertz CT molecular complexity index is 933. The molecule has 1 saturated heterocycles. The van der Waals surface area contributed by atoms with Crippen molar-refractivity contribution in [3.63, 3.8) is 0 Å². The van der Waals surface area contributed by atoms with Gasteiger partial charge in [-0.2, -0.15) is 0 Å². The molecule has 1 atom stereocenters. The van der Waals surface area contributed by atoms with Gasteiger partial charge in [-0.15, -0.1) is 0 Å². The molecule has 1 aliphatic rings. The zero-order chi connectivity index (χ0) is 21.1. The fourth-order valence-corrected chi connectivity index (χ4v) is 3.33. The van der Waals surface area contributed by atoms with Gasteiger partial charge in [-0.3, -0.25) is 9.59 Å². The normalized spacial score (nSPS) is 18.5. The van der Waals surface area contributed by atoms with Crippen molar-refractivity contribution in [1.29, 1.82) is 0 Å². The summed E-state index contributed by atoms with van der Waals surface area (Å²) < 4.78 is 5.13. The maximum atomic E-state index is 12.9. The van der Waals surface area contributed by atoms with Gasteiger partial charge in [0.25, 0.3) is 11.7 Å². The Hall–Kier alpha value is -3.32. The predicted molar refractivity (Wildman–Crippen MR) is 109 cm³/mol. The predicted octanol–water partition coefficient (Wildman–Crippen LogP) is 2.38. The van der Waals surface area contributed by atoms with E-state index in [0.717, 1.165) is 0 Å². The minimum Gasteiger partial charge on any atom is -0.508 e. The monoisotopic (exact) mass is 396 g/mol. The van der Waals surface area contributed by atoms with E-state index in [1.807, 2.05) is 19.0 Å². The largest absolute Gasteiger partial charge is 0.508 e. The third-order valence-electron chi connectivity index (χ3n) is 4.90. The number of methoxy groups -OCH3 is 1. The Morgan fingerprint density at radius 1 is 1.07 bits per heavy atom. The smallest absolute Gasteiger partial charge is 0.295 e. The number of aliphatic hydroxyl groups excluding tert-OH is 1.